The molecule has 0 saturated carbocycles. The number of benzene rings is 1. The zero-order chi connectivity index (χ0) is 12.4. The quantitative estimate of drug-likeness (QED) is 0.816. The van der Waals surface area contributed by atoms with Gasteiger partial charge in [-0.2, -0.15) is 0 Å². The van der Waals surface area contributed by atoms with Crippen LogP contribution < -0.4 is 5.32 Å². The van der Waals surface area contributed by atoms with Crippen LogP contribution in [0.3, 0.4) is 0 Å². The molecular formula is C11H11F2NO3. The van der Waals surface area contributed by atoms with Gasteiger partial charge in [-0.15, -0.1) is 0 Å². The number of halogens is 2. The fraction of sp³-hybridized carbons (Fsp3) is 0.364. The fourth-order valence-corrected chi connectivity index (χ4v) is 1.71. The summed E-state index contributed by atoms with van der Waals surface area (Å²) in [6, 6.07) is 3.03. The van der Waals surface area contributed by atoms with Crippen molar-refractivity contribution >= 4 is 5.97 Å². The van der Waals surface area contributed by atoms with Gasteiger partial charge in [-0.25, -0.2) is 8.78 Å². The lowest BCUT2D eigenvalue weighted by Crippen LogP contribution is -2.47. The third-order valence-electron chi connectivity index (χ3n) is 2.64. The van der Waals surface area contributed by atoms with Crippen LogP contribution in [0.5, 0.6) is 0 Å². The molecule has 1 heterocycles. The second-order valence-electron chi connectivity index (χ2n) is 3.76. The van der Waals surface area contributed by atoms with E-state index in [0.717, 1.165) is 6.07 Å². The first kappa shape index (κ1) is 11.9. The Hall–Kier alpha value is -1.53. The predicted molar refractivity (Wildman–Crippen MR) is 54.5 cm³/mol. The van der Waals surface area contributed by atoms with Crippen LogP contribution in [-0.2, 0) is 9.53 Å². The molecule has 2 atom stereocenters. The highest BCUT2D eigenvalue weighted by Gasteiger charge is 2.28. The smallest absolute Gasteiger partial charge is 0.323 e. The monoisotopic (exact) mass is 243 g/mol. The molecule has 4 nitrogen and oxygen atoms in total. The Morgan fingerprint density at radius 1 is 1.47 bits per heavy atom. The average molecular weight is 243 g/mol. The van der Waals surface area contributed by atoms with E-state index in [2.05, 4.69) is 5.32 Å². The maximum Gasteiger partial charge on any atom is 0.323 e. The zero-order valence-electron chi connectivity index (χ0n) is 8.82. The molecule has 0 aromatic heterocycles. The molecule has 6 heteroatoms. The minimum absolute atomic E-state index is 0.0735. The van der Waals surface area contributed by atoms with Crippen LogP contribution >= 0.6 is 0 Å². The minimum atomic E-state index is -1.02. The number of carbonyl (C=O) groups is 1. The second kappa shape index (κ2) is 4.77. The van der Waals surface area contributed by atoms with Gasteiger partial charge in [0.15, 0.2) is 11.6 Å². The van der Waals surface area contributed by atoms with Crippen LogP contribution in [0, 0.1) is 11.6 Å². The summed E-state index contributed by atoms with van der Waals surface area (Å²) >= 11 is 0. The number of morpholine rings is 1. The molecule has 0 spiro atoms. The number of nitrogens with one attached hydrogen (secondary N) is 1. The van der Waals surface area contributed by atoms with Gasteiger partial charge in [0.2, 0.25) is 0 Å². The summed E-state index contributed by atoms with van der Waals surface area (Å²) in [4.78, 5) is 10.6. The molecule has 17 heavy (non-hydrogen) atoms. The van der Waals surface area contributed by atoms with Gasteiger partial charge in [-0.3, -0.25) is 10.1 Å². The highest BCUT2D eigenvalue weighted by molar-refractivity contribution is 5.73. The van der Waals surface area contributed by atoms with Crippen LogP contribution in [0.15, 0.2) is 18.2 Å². The van der Waals surface area contributed by atoms with Gasteiger partial charge in [0, 0.05) is 12.1 Å². The SMILES string of the molecule is O=C(O)C1COC(c2cccc(F)c2F)CN1. The number of carboxylic acids is 1. The van der Waals surface area contributed by atoms with E-state index in [1.807, 2.05) is 0 Å². The van der Waals surface area contributed by atoms with E-state index in [9.17, 15) is 13.6 Å². The number of hydrogen-bond acceptors (Lipinski definition) is 3. The van der Waals surface area contributed by atoms with Gasteiger partial charge in [0.1, 0.15) is 6.04 Å². The summed E-state index contributed by atoms with van der Waals surface area (Å²) in [5, 5.41) is 11.4. The lowest BCUT2D eigenvalue weighted by Gasteiger charge is -2.28. The number of carboxylic acid groups (broad SMARTS) is 1. The molecule has 1 aromatic carbocycles. The van der Waals surface area contributed by atoms with E-state index in [0.29, 0.717) is 0 Å². The van der Waals surface area contributed by atoms with Crippen molar-refractivity contribution in [2.75, 3.05) is 13.2 Å². The molecule has 2 unspecified atom stereocenters. The lowest BCUT2D eigenvalue weighted by atomic mass is 10.1. The molecule has 2 N–H and O–H groups in total. The van der Waals surface area contributed by atoms with Crippen LogP contribution in [0.25, 0.3) is 0 Å². The van der Waals surface area contributed by atoms with Crippen molar-refractivity contribution in [2.45, 2.75) is 12.1 Å². The molecule has 1 saturated heterocycles. The summed E-state index contributed by atoms with van der Waals surface area (Å²) < 4.78 is 31.7. The zero-order valence-corrected chi connectivity index (χ0v) is 8.82. The van der Waals surface area contributed by atoms with E-state index in [-0.39, 0.29) is 18.7 Å². The summed E-state index contributed by atoms with van der Waals surface area (Å²) in [7, 11) is 0. The lowest BCUT2D eigenvalue weighted by molar-refractivity contribution is -0.144. The Balaban J connectivity index is 2.10. The maximum absolute atomic E-state index is 13.4. The van der Waals surface area contributed by atoms with Crippen LogP contribution in [-0.4, -0.2) is 30.3 Å². The number of aliphatic carboxylic acids is 1. The molecular weight excluding hydrogens is 232 g/mol. The molecule has 1 fully saturated rings. The van der Waals surface area contributed by atoms with Gasteiger partial charge in [0.05, 0.1) is 12.7 Å². The largest absolute Gasteiger partial charge is 0.480 e. The Bertz CT molecular complexity index is 431. The number of hydrogen-bond donors (Lipinski definition) is 2. The Morgan fingerprint density at radius 3 is 2.82 bits per heavy atom. The highest BCUT2D eigenvalue weighted by Crippen LogP contribution is 2.24. The third-order valence-corrected chi connectivity index (χ3v) is 2.64. The first-order valence-electron chi connectivity index (χ1n) is 5.11. The van der Waals surface area contributed by atoms with Gasteiger partial charge in [-0.1, -0.05) is 12.1 Å². The van der Waals surface area contributed by atoms with Crippen LogP contribution in [0.4, 0.5) is 8.78 Å². The van der Waals surface area contributed by atoms with Crippen molar-refractivity contribution in [1.29, 1.82) is 0 Å². The van der Waals surface area contributed by atoms with Gasteiger partial charge in [-0.05, 0) is 6.07 Å². The van der Waals surface area contributed by atoms with Gasteiger partial charge >= 0.3 is 5.97 Å². The highest BCUT2D eigenvalue weighted by atomic mass is 19.2. The number of rotatable bonds is 2. The third kappa shape index (κ3) is 2.42. The van der Waals surface area contributed by atoms with Gasteiger partial charge < -0.3 is 9.84 Å². The maximum atomic E-state index is 13.4. The molecule has 1 aliphatic rings. The summed E-state index contributed by atoms with van der Waals surface area (Å²) in [6.07, 6.45) is -0.665. The molecule has 0 radical (unpaired) electrons. The van der Waals surface area contributed by atoms with Crippen LogP contribution in [0.2, 0.25) is 0 Å². The summed E-state index contributed by atoms with van der Waals surface area (Å²) in [6.45, 7) is 0.0628. The molecule has 2 rings (SSSR count). The Morgan fingerprint density at radius 2 is 2.24 bits per heavy atom. The van der Waals surface area contributed by atoms with Crippen molar-refractivity contribution in [3.8, 4) is 0 Å². The molecule has 1 aromatic rings. The van der Waals surface area contributed by atoms with E-state index in [4.69, 9.17) is 9.84 Å². The van der Waals surface area contributed by atoms with Crippen molar-refractivity contribution in [1.82, 2.24) is 5.32 Å². The second-order valence-corrected chi connectivity index (χ2v) is 3.76. The fourth-order valence-electron chi connectivity index (χ4n) is 1.71. The average Bonchev–Trinajstić information content (AvgIpc) is 2.33. The van der Waals surface area contributed by atoms with E-state index in [1.54, 1.807) is 0 Å². The molecule has 0 amide bonds. The van der Waals surface area contributed by atoms with Crippen molar-refractivity contribution in [2.24, 2.45) is 0 Å². The van der Waals surface area contributed by atoms with Crippen molar-refractivity contribution < 1.29 is 23.4 Å². The van der Waals surface area contributed by atoms with Crippen LogP contribution in [0.1, 0.15) is 11.7 Å². The van der Waals surface area contributed by atoms with Crippen molar-refractivity contribution in [3.05, 3.63) is 35.4 Å². The Labute approximate surface area is 96.2 Å². The normalized spacial score (nSPS) is 24.6. The topological polar surface area (TPSA) is 58.6 Å². The predicted octanol–water partition coefficient (Wildman–Crippen LogP) is 1.08. The summed E-state index contributed by atoms with van der Waals surface area (Å²) in [5.41, 5.74) is 0.0985. The first-order chi connectivity index (χ1) is 8.09. The molecule has 0 aliphatic carbocycles. The Kier molecular flexibility index (Phi) is 3.35. The molecule has 0 bridgehead atoms. The van der Waals surface area contributed by atoms with E-state index >= 15 is 0 Å². The molecule has 92 valence electrons. The van der Waals surface area contributed by atoms with Crippen molar-refractivity contribution in [3.63, 3.8) is 0 Å². The van der Waals surface area contributed by atoms with E-state index < -0.39 is 29.7 Å². The first-order valence-corrected chi connectivity index (χ1v) is 5.11. The number of ether oxygens (including phenoxy) is 1. The minimum Gasteiger partial charge on any atom is -0.480 e. The summed E-state index contributed by atoms with van der Waals surface area (Å²) in [5.74, 6) is -2.91. The molecule has 1 aliphatic heterocycles. The van der Waals surface area contributed by atoms with Gasteiger partial charge in [0.25, 0.3) is 0 Å². The standard InChI is InChI=1S/C11H11F2NO3/c12-7-3-1-2-6(10(7)13)9-4-14-8(5-17-9)11(15)16/h1-3,8-9,14H,4-5H2,(H,15,16). The van der Waals surface area contributed by atoms with E-state index in [1.165, 1.54) is 12.1 Å².